The van der Waals surface area contributed by atoms with Crippen molar-refractivity contribution in [1.82, 2.24) is 10.2 Å². The lowest BCUT2D eigenvalue weighted by Crippen LogP contribution is -2.49. The average Bonchev–Trinajstić information content (AvgIpc) is 3.61. The Labute approximate surface area is 176 Å². The van der Waals surface area contributed by atoms with Crippen molar-refractivity contribution in [1.29, 1.82) is 0 Å². The first-order chi connectivity index (χ1) is 14.5. The third-order valence-corrected chi connectivity index (χ3v) is 6.01. The van der Waals surface area contributed by atoms with Gasteiger partial charge in [0.2, 0.25) is 0 Å². The molecule has 2 aromatic heterocycles. The number of aryl methyl sites for hydroxylation is 2. The Hall–Kier alpha value is -2.61. The monoisotopic (exact) mass is 408 g/mol. The first-order valence-corrected chi connectivity index (χ1v) is 10.5. The topological polar surface area (TPSA) is 85.2 Å². The summed E-state index contributed by atoms with van der Waals surface area (Å²) in [6, 6.07) is 4.68. The quantitative estimate of drug-likeness (QED) is 0.379. The zero-order valence-corrected chi connectivity index (χ0v) is 17.2. The van der Waals surface area contributed by atoms with Crippen LogP contribution in [0.15, 0.2) is 24.4 Å². The summed E-state index contributed by atoms with van der Waals surface area (Å²) < 4.78 is 14.8. The van der Waals surface area contributed by atoms with E-state index in [1.165, 1.54) is 7.41 Å². The van der Waals surface area contributed by atoms with E-state index in [1.54, 1.807) is 18.3 Å². The van der Waals surface area contributed by atoms with E-state index in [4.69, 9.17) is 0 Å². The molecule has 30 heavy (non-hydrogen) atoms. The van der Waals surface area contributed by atoms with E-state index in [-0.39, 0.29) is 17.6 Å². The molecule has 0 bridgehead atoms. The molecular formula is C22H26BFN4O2+. The molecular weight excluding hydrogens is 382 g/mol. The Bertz CT molecular complexity index is 950. The number of rotatable bonds is 9. The van der Waals surface area contributed by atoms with E-state index in [0.29, 0.717) is 29.1 Å². The highest BCUT2D eigenvalue weighted by Gasteiger charge is 2.48. The predicted octanol–water partition coefficient (Wildman–Crippen LogP) is 2.46. The Morgan fingerprint density at radius 3 is 2.53 bits per heavy atom. The summed E-state index contributed by atoms with van der Waals surface area (Å²) in [5.41, 5.74) is 2.79. The summed E-state index contributed by atoms with van der Waals surface area (Å²) in [4.78, 5) is 30.8. The zero-order valence-electron chi connectivity index (χ0n) is 17.2. The SMILES string of the molecule is Cc1cnc(C)c(-c2ccc(NC(=O)[C@@H](N[B]C=O)C(C3CC3)C3CC3)[nH+]c2F)c1. The van der Waals surface area contributed by atoms with Crippen LogP contribution in [-0.4, -0.2) is 30.5 Å². The van der Waals surface area contributed by atoms with Gasteiger partial charge in [-0.25, -0.2) is 15.1 Å². The summed E-state index contributed by atoms with van der Waals surface area (Å²) in [6.07, 6.45) is 6.87. The normalized spacial score (nSPS) is 16.9. The van der Waals surface area contributed by atoms with Crippen molar-refractivity contribution in [3.05, 3.63) is 41.6 Å². The molecule has 2 heterocycles. The smallest absolute Gasteiger partial charge is 0.323 e. The maximum Gasteiger partial charge on any atom is 0.323 e. The maximum atomic E-state index is 14.8. The number of nitrogens with one attached hydrogen (secondary N) is 3. The van der Waals surface area contributed by atoms with Crippen LogP contribution in [0.2, 0.25) is 0 Å². The van der Waals surface area contributed by atoms with Crippen LogP contribution < -0.4 is 15.5 Å². The van der Waals surface area contributed by atoms with Crippen LogP contribution in [0.25, 0.3) is 11.1 Å². The number of H-pyrrole nitrogens is 1. The van der Waals surface area contributed by atoms with Crippen LogP contribution in [0.3, 0.4) is 0 Å². The van der Waals surface area contributed by atoms with E-state index in [0.717, 1.165) is 36.9 Å². The molecule has 0 saturated heterocycles. The van der Waals surface area contributed by atoms with Gasteiger partial charge in [0.1, 0.15) is 6.04 Å². The largest absolute Gasteiger partial charge is 0.341 e. The van der Waals surface area contributed by atoms with Gasteiger partial charge in [-0.3, -0.25) is 4.98 Å². The molecule has 2 fully saturated rings. The average molecular weight is 408 g/mol. The third-order valence-electron chi connectivity index (χ3n) is 6.01. The van der Waals surface area contributed by atoms with Crippen molar-refractivity contribution >= 4 is 25.3 Å². The summed E-state index contributed by atoms with van der Waals surface area (Å²) >= 11 is 0. The van der Waals surface area contributed by atoms with Crippen molar-refractivity contribution in [2.45, 2.75) is 45.6 Å². The molecule has 2 saturated carbocycles. The number of hydrogen-bond acceptors (Lipinski definition) is 4. The molecule has 6 nitrogen and oxygen atoms in total. The van der Waals surface area contributed by atoms with Crippen LogP contribution >= 0.6 is 0 Å². The summed E-state index contributed by atoms with van der Waals surface area (Å²) in [7, 11) is 1.28. The van der Waals surface area contributed by atoms with Gasteiger partial charge in [-0.1, -0.05) is 0 Å². The Kier molecular flexibility index (Phi) is 5.95. The zero-order chi connectivity index (χ0) is 21.3. The van der Waals surface area contributed by atoms with Crippen molar-refractivity contribution in [2.75, 3.05) is 5.32 Å². The molecule has 155 valence electrons. The summed E-state index contributed by atoms with van der Waals surface area (Å²) in [5, 5.41) is 5.77. The lowest BCUT2D eigenvalue weighted by atomic mass is 9.84. The van der Waals surface area contributed by atoms with Crippen molar-refractivity contribution < 1.29 is 19.0 Å². The molecule has 3 N–H and O–H groups in total. The van der Waals surface area contributed by atoms with Gasteiger partial charge in [-0.15, -0.1) is 0 Å². The number of hydrogen-bond donors (Lipinski definition) is 2. The molecule has 2 aromatic rings. The summed E-state index contributed by atoms with van der Waals surface area (Å²) in [6.45, 7) is 3.74. The van der Waals surface area contributed by atoms with Gasteiger partial charge in [0.15, 0.2) is 0 Å². The highest BCUT2D eigenvalue weighted by molar-refractivity contribution is 6.64. The summed E-state index contributed by atoms with van der Waals surface area (Å²) in [5.74, 6) is 0.720. The number of amides is 1. The number of aromatic nitrogens is 2. The molecule has 2 aliphatic carbocycles. The van der Waals surface area contributed by atoms with E-state index in [2.05, 4.69) is 20.5 Å². The number of carbonyl (C=O) groups is 2. The maximum absolute atomic E-state index is 14.8. The molecule has 1 radical (unpaired) electrons. The van der Waals surface area contributed by atoms with Gasteiger partial charge >= 0.3 is 5.91 Å². The van der Waals surface area contributed by atoms with Crippen LogP contribution in [0.1, 0.15) is 36.9 Å². The molecule has 8 heteroatoms. The molecule has 2 aliphatic rings. The highest BCUT2D eigenvalue weighted by atomic mass is 19.1. The number of anilines is 1. The van der Waals surface area contributed by atoms with Gasteiger partial charge in [0, 0.05) is 23.5 Å². The molecule has 0 spiro atoms. The van der Waals surface area contributed by atoms with E-state index in [9.17, 15) is 14.0 Å². The van der Waals surface area contributed by atoms with Crippen LogP contribution in [0, 0.1) is 37.5 Å². The minimum Gasteiger partial charge on any atom is -0.341 e. The second-order valence-electron chi connectivity index (χ2n) is 8.43. The fourth-order valence-electron chi connectivity index (χ4n) is 4.26. The van der Waals surface area contributed by atoms with Crippen LogP contribution in [0.4, 0.5) is 10.2 Å². The molecule has 4 rings (SSSR count). The molecule has 1 atom stereocenters. The number of carbonyl (C=O) groups excluding carboxylic acids is 2. The van der Waals surface area contributed by atoms with E-state index >= 15 is 0 Å². The van der Waals surface area contributed by atoms with Gasteiger partial charge in [-0.05, 0) is 75.0 Å². The predicted molar refractivity (Wildman–Crippen MR) is 113 cm³/mol. The molecule has 0 aliphatic heterocycles. The van der Waals surface area contributed by atoms with Crippen molar-refractivity contribution in [2.24, 2.45) is 17.8 Å². The van der Waals surface area contributed by atoms with Crippen molar-refractivity contribution in [3.8, 4) is 11.1 Å². The fourth-order valence-corrected chi connectivity index (χ4v) is 4.26. The Morgan fingerprint density at radius 1 is 1.23 bits per heavy atom. The highest BCUT2D eigenvalue weighted by Crippen LogP contribution is 2.50. The van der Waals surface area contributed by atoms with Crippen LogP contribution in [0.5, 0.6) is 0 Å². The second kappa shape index (κ2) is 8.64. The van der Waals surface area contributed by atoms with Gasteiger partial charge in [0.05, 0.1) is 11.7 Å². The van der Waals surface area contributed by atoms with Crippen LogP contribution in [-0.2, 0) is 9.59 Å². The lowest BCUT2D eigenvalue weighted by Gasteiger charge is -2.24. The van der Waals surface area contributed by atoms with Crippen molar-refractivity contribution in [3.63, 3.8) is 0 Å². The van der Waals surface area contributed by atoms with E-state index < -0.39 is 12.0 Å². The third kappa shape index (κ3) is 4.59. The standard InChI is InChI=1S/C22H25BFN4O2/c1-12-9-17(13(2)25-10-12)16-7-8-18(26-21(16)24)27-22(30)20(28-23-11-29)19(14-3-4-14)15-5-6-15/h7-11,14-15,19-20,28H,3-6H2,1-2H3,(H,26,27,30)/p+1/t20-/m0/s1. The Balaban J connectivity index is 1.53. The molecule has 0 unspecified atom stereocenters. The number of halogens is 1. The minimum atomic E-state index is -0.534. The first-order valence-electron chi connectivity index (χ1n) is 10.5. The minimum absolute atomic E-state index is 0.200. The number of pyridine rings is 2. The van der Waals surface area contributed by atoms with Gasteiger partial charge in [-0.2, -0.15) is 4.39 Å². The number of aromatic amines is 1. The Morgan fingerprint density at radius 2 is 1.93 bits per heavy atom. The second-order valence-corrected chi connectivity index (χ2v) is 8.43. The molecule has 1 amide bonds. The fraction of sp³-hybridized carbons (Fsp3) is 0.455. The lowest BCUT2D eigenvalue weighted by molar-refractivity contribution is -0.404. The number of nitrogens with zero attached hydrogens (tertiary/aromatic N) is 1. The molecule has 0 aromatic carbocycles. The van der Waals surface area contributed by atoms with Gasteiger partial charge in [0.25, 0.3) is 19.2 Å². The van der Waals surface area contributed by atoms with E-state index in [1.807, 2.05) is 19.9 Å². The first kappa shape index (κ1) is 20.7. The van der Waals surface area contributed by atoms with Gasteiger partial charge < -0.3 is 10.0 Å².